The summed E-state index contributed by atoms with van der Waals surface area (Å²) in [6.45, 7) is 4.12. The van der Waals surface area contributed by atoms with E-state index in [1.165, 1.54) is 11.1 Å². The fraction of sp³-hybridized carbons (Fsp3) is 0.333. The van der Waals surface area contributed by atoms with Crippen LogP contribution in [-0.2, 0) is 21.7 Å². The minimum atomic E-state index is 0. The summed E-state index contributed by atoms with van der Waals surface area (Å²) in [5.74, 6) is 0. The minimum Gasteiger partial charge on any atom is -0.270 e. The van der Waals surface area contributed by atoms with Crippen LogP contribution in [0.1, 0.15) is 26.7 Å². The average Bonchev–Trinajstić information content (AvgIpc) is 2.63. The predicted octanol–water partition coefficient (Wildman–Crippen LogP) is 3.69. The van der Waals surface area contributed by atoms with Crippen molar-refractivity contribution in [1.82, 2.24) is 0 Å². The quantitative estimate of drug-likeness (QED) is 0.451. The third-order valence-electron chi connectivity index (χ3n) is 1.73. The van der Waals surface area contributed by atoms with Crippen LogP contribution >= 0.6 is 0 Å². The molecule has 2 aliphatic carbocycles. The summed E-state index contributed by atoms with van der Waals surface area (Å²) < 4.78 is 0. The topological polar surface area (TPSA) is 0 Å². The van der Waals surface area contributed by atoms with Crippen molar-refractivity contribution in [2.45, 2.75) is 26.7 Å². The molecule has 0 aliphatic heterocycles. The molecule has 0 amide bonds. The Morgan fingerprint density at radius 1 is 0.867 bits per heavy atom. The maximum atomic E-state index is 3.12. The van der Waals surface area contributed by atoms with Crippen LogP contribution in [-0.4, -0.2) is 0 Å². The normalized spacial score (nSPS) is 14.8. The van der Waals surface area contributed by atoms with Crippen LogP contribution < -0.4 is 0 Å². The number of rotatable bonds is 0. The van der Waals surface area contributed by atoms with Crippen molar-refractivity contribution >= 4 is 0 Å². The molecule has 0 spiro atoms. The molecule has 0 unspecified atom stereocenters. The van der Waals surface area contributed by atoms with Gasteiger partial charge in [0.1, 0.15) is 0 Å². The van der Waals surface area contributed by atoms with Gasteiger partial charge in [-0.3, -0.25) is 21.6 Å². The van der Waals surface area contributed by atoms with Crippen LogP contribution in [0.2, 0.25) is 0 Å². The minimum absolute atomic E-state index is 0. The van der Waals surface area contributed by atoms with Crippen molar-refractivity contribution < 1.29 is 31.1 Å². The fourth-order valence-electron chi connectivity index (χ4n) is 1.03. The van der Waals surface area contributed by atoms with Gasteiger partial charge in [0.2, 0.25) is 0 Å². The van der Waals surface area contributed by atoms with Gasteiger partial charge >= 0.3 is 21.7 Å². The Labute approximate surface area is 105 Å². The van der Waals surface area contributed by atoms with Gasteiger partial charge in [0.05, 0.1) is 0 Å². The van der Waals surface area contributed by atoms with Crippen LogP contribution in [0.15, 0.2) is 35.5 Å². The van der Waals surface area contributed by atoms with E-state index in [1.807, 2.05) is 0 Å². The summed E-state index contributed by atoms with van der Waals surface area (Å²) in [4.78, 5) is 0. The van der Waals surface area contributed by atoms with Crippen molar-refractivity contribution in [2.24, 2.45) is 0 Å². The first kappa shape index (κ1) is 20.0. The molecule has 0 aromatic carbocycles. The van der Waals surface area contributed by atoms with Gasteiger partial charge in [-0.25, -0.2) is 23.3 Å². The van der Waals surface area contributed by atoms with Crippen molar-refractivity contribution in [3.05, 3.63) is 47.6 Å². The van der Waals surface area contributed by atoms with Gasteiger partial charge < -0.3 is 0 Å². The molecule has 3 heteroatoms. The van der Waals surface area contributed by atoms with Crippen LogP contribution in [0.4, 0.5) is 9.41 Å². The van der Waals surface area contributed by atoms with E-state index in [-0.39, 0.29) is 31.1 Å². The number of allylic oxidation sites excluding steroid dienone is 8. The molecule has 2 aliphatic rings. The molecule has 0 fully saturated rings. The van der Waals surface area contributed by atoms with Crippen LogP contribution in [0.3, 0.4) is 0 Å². The van der Waals surface area contributed by atoms with E-state index in [2.05, 4.69) is 50.3 Å². The third kappa shape index (κ3) is 9.83. The molecular formula is C12H16F2Ti. The Balaban J connectivity index is -0.000000160. The maximum absolute atomic E-state index is 3.12. The molecule has 0 radical (unpaired) electrons. The smallest absolute Gasteiger partial charge is 0.270 e. The first-order chi connectivity index (χ1) is 5.79. The monoisotopic (exact) mass is 246 g/mol. The van der Waals surface area contributed by atoms with E-state index in [0.29, 0.717) is 0 Å². The average molecular weight is 246 g/mol. The second kappa shape index (κ2) is 11.6. The van der Waals surface area contributed by atoms with Gasteiger partial charge in [-0.1, -0.05) is 13.8 Å². The molecule has 0 heterocycles. The van der Waals surface area contributed by atoms with E-state index in [0.717, 1.165) is 12.8 Å². The summed E-state index contributed by atoms with van der Waals surface area (Å²) in [5.41, 5.74) is 2.55. The van der Waals surface area contributed by atoms with E-state index in [4.69, 9.17) is 0 Å². The molecule has 0 atom stereocenters. The van der Waals surface area contributed by atoms with Gasteiger partial charge in [-0.05, 0) is 0 Å². The second-order valence-electron chi connectivity index (χ2n) is 2.93. The van der Waals surface area contributed by atoms with Gasteiger partial charge in [0.15, 0.2) is 0 Å². The van der Waals surface area contributed by atoms with E-state index in [1.54, 1.807) is 0 Å². The molecule has 0 saturated carbocycles. The molecule has 0 nitrogen and oxygen atoms in total. The van der Waals surface area contributed by atoms with Crippen molar-refractivity contribution in [2.75, 3.05) is 0 Å². The Hall–Kier alpha value is -0.466. The van der Waals surface area contributed by atoms with Gasteiger partial charge in [-0.2, -0.15) is 12.2 Å². The van der Waals surface area contributed by atoms with Crippen LogP contribution in [0, 0.1) is 12.2 Å². The van der Waals surface area contributed by atoms with E-state index in [9.17, 15) is 0 Å². The maximum Gasteiger partial charge on any atom is 2.00 e. The van der Waals surface area contributed by atoms with Gasteiger partial charge in [0, 0.05) is 0 Å². The SMILES string of the molecule is CC1=[C-]CC=C1.CC1=[C-]CC=C1.F.F.[Ti+2]. The zero-order valence-electron chi connectivity index (χ0n) is 9.04. The Bertz CT molecular complexity index is 229. The molecule has 82 valence electrons. The van der Waals surface area contributed by atoms with E-state index < -0.39 is 0 Å². The van der Waals surface area contributed by atoms with Crippen molar-refractivity contribution in [3.63, 3.8) is 0 Å². The number of hydrogen-bond donors (Lipinski definition) is 0. The molecule has 15 heavy (non-hydrogen) atoms. The Morgan fingerprint density at radius 3 is 1.27 bits per heavy atom. The Kier molecular flexibility index (Phi) is 15.5. The number of halogens is 2. The summed E-state index contributed by atoms with van der Waals surface area (Å²) in [7, 11) is 0. The van der Waals surface area contributed by atoms with Crippen molar-refractivity contribution in [3.8, 4) is 0 Å². The zero-order valence-corrected chi connectivity index (χ0v) is 10.6. The molecular weight excluding hydrogens is 230 g/mol. The van der Waals surface area contributed by atoms with Gasteiger partial charge in [0.25, 0.3) is 0 Å². The van der Waals surface area contributed by atoms with Crippen LogP contribution in [0.5, 0.6) is 0 Å². The third-order valence-corrected chi connectivity index (χ3v) is 1.73. The molecule has 0 aromatic heterocycles. The largest absolute Gasteiger partial charge is 2.00 e. The predicted molar refractivity (Wildman–Crippen MR) is 57.4 cm³/mol. The second-order valence-corrected chi connectivity index (χ2v) is 2.93. The summed E-state index contributed by atoms with van der Waals surface area (Å²) in [6, 6.07) is 0. The summed E-state index contributed by atoms with van der Waals surface area (Å²) in [6.07, 6.45) is 16.7. The standard InChI is InChI=1S/2C6H7.2FH.Ti/c2*1-6-4-2-3-5-6;;;/h2*2,4H,3H2,1H3;2*1H;/q2*-1;;;+2. The fourth-order valence-corrected chi connectivity index (χ4v) is 1.03. The summed E-state index contributed by atoms with van der Waals surface area (Å²) >= 11 is 0. The molecule has 0 N–H and O–H groups in total. The van der Waals surface area contributed by atoms with Gasteiger partial charge in [-0.15, -0.1) is 12.8 Å². The first-order valence-corrected chi connectivity index (χ1v) is 4.27. The zero-order chi connectivity index (χ0) is 8.81. The van der Waals surface area contributed by atoms with Crippen molar-refractivity contribution in [1.29, 1.82) is 0 Å². The van der Waals surface area contributed by atoms with Crippen LogP contribution in [0.25, 0.3) is 0 Å². The van der Waals surface area contributed by atoms with E-state index >= 15 is 0 Å². The molecule has 0 aromatic rings. The first-order valence-electron chi connectivity index (χ1n) is 4.27. The molecule has 0 bridgehead atoms. The molecule has 0 saturated heterocycles. The molecule has 2 rings (SSSR count). The number of hydrogen-bond acceptors (Lipinski definition) is 0. The summed E-state index contributed by atoms with van der Waals surface area (Å²) in [5, 5.41) is 0. The Morgan fingerprint density at radius 2 is 1.20 bits per heavy atom.